The van der Waals surface area contributed by atoms with Crippen LogP contribution in [0.3, 0.4) is 0 Å². The molecule has 0 fully saturated rings. The molecule has 0 saturated carbocycles. The topological polar surface area (TPSA) is 86.2 Å². The van der Waals surface area contributed by atoms with E-state index in [1.807, 2.05) is 0 Å². The van der Waals surface area contributed by atoms with Gasteiger partial charge in [-0.15, -0.1) is 0 Å². The molecule has 1 atom stereocenters. The van der Waals surface area contributed by atoms with Crippen molar-refractivity contribution in [2.24, 2.45) is 0 Å². The number of Topliss-reactive ketones (excluding diaryl/α,β-unsaturated/α-hetero) is 1. The summed E-state index contributed by atoms with van der Waals surface area (Å²) in [4.78, 5) is 17.6. The van der Waals surface area contributed by atoms with Crippen LogP contribution < -0.4 is 0 Å². The molecule has 1 aromatic heterocycles. The van der Waals surface area contributed by atoms with Crippen LogP contribution in [0, 0.1) is 0 Å². The fourth-order valence-corrected chi connectivity index (χ4v) is 0.974. The molecule has 5 heteroatoms. The highest BCUT2D eigenvalue weighted by molar-refractivity contribution is 5.95. The van der Waals surface area contributed by atoms with Gasteiger partial charge in [0.1, 0.15) is 6.10 Å². The smallest absolute Gasteiger partial charge is 0.226 e. The van der Waals surface area contributed by atoms with Crippen molar-refractivity contribution in [1.29, 1.82) is 0 Å². The molecular weight excluding hydrogens is 172 g/mol. The first-order valence-corrected chi connectivity index (χ1v) is 4.08. The molecule has 1 heterocycles. The molecule has 0 radical (unpaired) electrons. The van der Waals surface area contributed by atoms with E-state index in [4.69, 9.17) is 5.11 Å². The standard InChI is InChI=1S/C8H12N2O3/c11-5-1-2-6(12)7(13)8-9-3-4-10-8/h3-4,6,11-12H,1-2,5H2,(H,9,10). The van der Waals surface area contributed by atoms with E-state index in [9.17, 15) is 9.90 Å². The van der Waals surface area contributed by atoms with Gasteiger partial charge in [0.05, 0.1) is 0 Å². The first-order chi connectivity index (χ1) is 6.25. The van der Waals surface area contributed by atoms with E-state index in [1.54, 1.807) is 0 Å². The van der Waals surface area contributed by atoms with Crippen LogP contribution in [-0.4, -0.2) is 38.7 Å². The number of aliphatic hydroxyl groups is 2. The number of aliphatic hydroxyl groups excluding tert-OH is 2. The van der Waals surface area contributed by atoms with Crippen LogP contribution in [0.4, 0.5) is 0 Å². The Bertz CT molecular complexity index is 258. The molecule has 13 heavy (non-hydrogen) atoms. The average molecular weight is 184 g/mol. The summed E-state index contributed by atoms with van der Waals surface area (Å²) in [6.07, 6.45) is 2.57. The molecular formula is C8H12N2O3. The van der Waals surface area contributed by atoms with Gasteiger partial charge in [0.15, 0.2) is 5.82 Å². The van der Waals surface area contributed by atoms with E-state index in [0.29, 0.717) is 6.42 Å². The Morgan fingerprint density at radius 2 is 2.46 bits per heavy atom. The molecule has 0 aromatic carbocycles. The van der Waals surface area contributed by atoms with Crippen LogP contribution in [0.25, 0.3) is 0 Å². The predicted molar refractivity (Wildman–Crippen MR) is 45.2 cm³/mol. The number of H-pyrrole nitrogens is 1. The lowest BCUT2D eigenvalue weighted by Gasteiger charge is -2.05. The van der Waals surface area contributed by atoms with Crippen molar-refractivity contribution >= 4 is 5.78 Å². The maximum absolute atomic E-state index is 11.3. The Kier molecular flexibility index (Phi) is 3.60. The third kappa shape index (κ3) is 2.64. The van der Waals surface area contributed by atoms with Crippen molar-refractivity contribution in [2.45, 2.75) is 18.9 Å². The highest BCUT2D eigenvalue weighted by atomic mass is 16.3. The largest absolute Gasteiger partial charge is 0.396 e. The molecule has 0 spiro atoms. The molecule has 1 aromatic rings. The average Bonchev–Trinajstić information content (AvgIpc) is 2.65. The van der Waals surface area contributed by atoms with Crippen LogP contribution in [-0.2, 0) is 0 Å². The lowest BCUT2D eigenvalue weighted by atomic mass is 10.1. The molecule has 0 bridgehead atoms. The number of hydrogen-bond donors (Lipinski definition) is 3. The summed E-state index contributed by atoms with van der Waals surface area (Å²) in [6.45, 7) is -0.0253. The van der Waals surface area contributed by atoms with Crippen molar-refractivity contribution in [3.63, 3.8) is 0 Å². The van der Waals surface area contributed by atoms with Crippen molar-refractivity contribution < 1.29 is 15.0 Å². The fraction of sp³-hybridized carbons (Fsp3) is 0.500. The van der Waals surface area contributed by atoms with Gasteiger partial charge in [-0.05, 0) is 12.8 Å². The van der Waals surface area contributed by atoms with Crippen LogP contribution in [0.5, 0.6) is 0 Å². The number of nitrogens with zero attached hydrogens (tertiary/aromatic N) is 1. The molecule has 0 aliphatic rings. The van der Waals surface area contributed by atoms with Gasteiger partial charge >= 0.3 is 0 Å². The van der Waals surface area contributed by atoms with E-state index in [2.05, 4.69) is 9.97 Å². The second-order valence-corrected chi connectivity index (χ2v) is 2.68. The second-order valence-electron chi connectivity index (χ2n) is 2.68. The second kappa shape index (κ2) is 4.74. The molecule has 72 valence electrons. The Balaban J connectivity index is 2.48. The van der Waals surface area contributed by atoms with Gasteiger partial charge in [-0.25, -0.2) is 4.98 Å². The van der Waals surface area contributed by atoms with Crippen LogP contribution in [0.1, 0.15) is 23.5 Å². The van der Waals surface area contributed by atoms with Gasteiger partial charge in [-0.2, -0.15) is 0 Å². The van der Waals surface area contributed by atoms with E-state index in [1.165, 1.54) is 12.4 Å². The number of aromatic nitrogens is 2. The minimum atomic E-state index is -1.07. The first kappa shape index (κ1) is 9.88. The zero-order valence-corrected chi connectivity index (χ0v) is 7.10. The van der Waals surface area contributed by atoms with E-state index >= 15 is 0 Å². The molecule has 5 nitrogen and oxygen atoms in total. The summed E-state index contributed by atoms with van der Waals surface area (Å²) in [7, 11) is 0. The van der Waals surface area contributed by atoms with Crippen LogP contribution >= 0.6 is 0 Å². The Labute approximate surface area is 75.4 Å². The Morgan fingerprint density at radius 1 is 1.69 bits per heavy atom. The monoisotopic (exact) mass is 184 g/mol. The number of rotatable bonds is 5. The SMILES string of the molecule is O=C(c1ncc[nH]1)C(O)CCCO. The fourth-order valence-electron chi connectivity index (χ4n) is 0.974. The minimum Gasteiger partial charge on any atom is -0.396 e. The molecule has 1 rings (SSSR count). The first-order valence-electron chi connectivity index (χ1n) is 4.08. The predicted octanol–water partition coefficient (Wildman–Crippen LogP) is -0.274. The van der Waals surface area contributed by atoms with Gasteiger partial charge in [-0.1, -0.05) is 0 Å². The lowest BCUT2D eigenvalue weighted by molar-refractivity contribution is 0.0705. The summed E-state index contributed by atoms with van der Waals surface area (Å²) in [6, 6.07) is 0. The number of carbonyl (C=O) groups is 1. The Hall–Kier alpha value is -1.20. The van der Waals surface area contributed by atoms with Gasteiger partial charge in [-0.3, -0.25) is 4.79 Å². The highest BCUT2D eigenvalue weighted by Gasteiger charge is 2.18. The number of ketones is 1. The summed E-state index contributed by atoms with van der Waals surface area (Å²) in [5.74, 6) is -0.274. The van der Waals surface area contributed by atoms with Crippen molar-refractivity contribution in [2.75, 3.05) is 6.61 Å². The third-order valence-electron chi connectivity index (χ3n) is 1.67. The molecule has 0 aliphatic carbocycles. The number of aromatic amines is 1. The van der Waals surface area contributed by atoms with E-state index < -0.39 is 11.9 Å². The summed E-state index contributed by atoms with van der Waals surface area (Å²) in [5.41, 5.74) is 0. The highest BCUT2D eigenvalue weighted by Crippen LogP contribution is 2.02. The number of nitrogens with one attached hydrogen (secondary N) is 1. The molecule has 0 saturated heterocycles. The van der Waals surface area contributed by atoms with Crippen molar-refractivity contribution in [3.05, 3.63) is 18.2 Å². The molecule has 1 unspecified atom stereocenters. The van der Waals surface area contributed by atoms with Crippen molar-refractivity contribution in [3.8, 4) is 0 Å². The zero-order chi connectivity index (χ0) is 9.68. The van der Waals surface area contributed by atoms with E-state index in [-0.39, 0.29) is 18.9 Å². The lowest BCUT2D eigenvalue weighted by Crippen LogP contribution is -2.21. The summed E-state index contributed by atoms with van der Waals surface area (Å²) < 4.78 is 0. The summed E-state index contributed by atoms with van der Waals surface area (Å²) >= 11 is 0. The Morgan fingerprint density at radius 3 is 3.00 bits per heavy atom. The van der Waals surface area contributed by atoms with Gasteiger partial charge in [0.25, 0.3) is 0 Å². The number of imidazole rings is 1. The third-order valence-corrected chi connectivity index (χ3v) is 1.67. The van der Waals surface area contributed by atoms with Crippen molar-refractivity contribution in [1.82, 2.24) is 9.97 Å². The quantitative estimate of drug-likeness (QED) is 0.549. The zero-order valence-electron chi connectivity index (χ0n) is 7.10. The van der Waals surface area contributed by atoms with Gasteiger partial charge in [0.2, 0.25) is 5.78 Å². The number of hydrogen-bond acceptors (Lipinski definition) is 4. The molecule has 0 aliphatic heterocycles. The maximum Gasteiger partial charge on any atom is 0.226 e. The minimum absolute atomic E-state index is 0.0253. The molecule has 3 N–H and O–H groups in total. The maximum atomic E-state index is 11.3. The molecule has 0 amide bonds. The van der Waals surface area contributed by atoms with Gasteiger partial charge in [0, 0.05) is 19.0 Å². The summed E-state index contributed by atoms with van der Waals surface area (Å²) in [5, 5.41) is 17.8. The van der Waals surface area contributed by atoms with E-state index in [0.717, 1.165) is 0 Å². The van der Waals surface area contributed by atoms with Gasteiger partial charge < -0.3 is 15.2 Å². The normalized spacial score (nSPS) is 12.8. The van der Waals surface area contributed by atoms with Crippen LogP contribution in [0.2, 0.25) is 0 Å². The number of carbonyl (C=O) groups excluding carboxylic acids is 1. The van der Waals surface area contributed by atoms with Crippen LogP contribution in [0.15, 0.2) is 12.4 Å².